The van der Waals surface area contributed by atoms with E-state index in [1.165, 1.54) is 18.4 Å². The molecule has 0 saturated heterocycles. The molecule has 188 valence electrons. The molecule has 0 aliphatic carbocycles. The van der Waals surface area contributed by atoms with E-state index in [0.29, 0.717) is 30.2 Å². The van der Waals surface area contributed by atoms with E-state index in [1.807, 2.05) is 18.2 Å². The molecule has 2 heterocycles. The first-order chi connectivity index (χ1) is 18.0. The number of furan rings is 1. The van der Waals surface area contributed by atoms with E-state index in [4.69, 9.17) is 13.9 Å². The summed E-state index contributed by atoms with van der Waals surface area (Å²) in [5.41, 5.74) is 3.29. The molecule has 7 nitrogen and oxygen atoms in total. The van der Waals surface area contributed by atoms with Crippen LogP contribution in [0.15, 0.2) is 89.5 Å². The van der Waals surface area contributed by atoms with Gasteiger partial charge < -0.3 is 24.1 Å². The molecule has 0 radical (unpaired) electrons. The van der Waals surface area contributed by atoms with Gasteiger partial charge in [-0.2, -0.15) is 0 Å². The van der Waals surface area contributed by atoms with Crippen LogP contribution in [0.2, 0.25) is 0 Å². The number of benzene rings is 3. The van der Waals surface area contributed by atoms with Gasteiger partial charge in [0, 0.05) is 12.2 Å². The maximum Gasteiger partial charge on any atom is 0.290 e. The van der Waals surface area contributed by atoms with Crippen molar-refractivity contribution in [2.45, 2.75) is 12.5 Å². The maximum atomic E-state index is 13.7. The minimum absolute atomic E-state index is 0.193. The minimum Gasteiger partial charge on any atom is -0.497 e. The third-order valence-electron chi connectivity index (χ3n) is 6.27. The molecular weight excluding hydrogens is 475 g/mol. The number of methoxy groups -OCH3 is 1. The second kappa shape index (κ2) is 10.6. The Balaban J connectivity index is 1.38. The lowest BCUT2D eigenvalue weighted by Crippen LogP contribution is -2.40. The third-order valence-corrected chi connectivity index (χ3v) is 6.27. The number of hydrogen-bond donors (Lipinski definition) is 1. The summed E-state index contributed by atoms with van der Waals surface area (Å²) in [5, 5.41) is 2.79. The van der Waals surface area contributed by atoms with Crippen molar-refractivity contribution in [3.8, 4) is 11.5 Å². The molecule has 8 heteroatoms. The Bertz CT molecular complexity index is 1390. The summed E-state index contributed by atoms with van der Waals surface area (Å²) in [6.07, 6.45) is 2.10. The average Bonchev–Trinajstić information content (AvgIpc) is 3.47. The summed E-state index contributed by atoms with van der Waals surface area (Å²) in [7, 11) is 1.58. The van der Waals surface area contributed by atoms with Crippen molar-refractivity contribution in [2.75, 3.05) is 25.6 Å². The quantitative estimate of drug-likeness (QED) is 0.376. The lowest BCUT2D eigenvalue weighted by molar-refractivity contribution is -0.118. The summed E-state index contributed by atoms with van der Waals surface area (Å²) in [6.45, 7) is 0.278. The number of carbonyl (C=O) groups excluding carboxylic acids is 2. The van der Waals surface area contributed by atoms with Gasteiger partial charge in [-0.25, -0.2) is 4.39 Å². The summed E-state index contributed by atoms with van der Waals surface area (Å²) < 4.78 is 30.0. The predicted molar refractivity (Wildman–Crippen MR) is 135 cm³/mol. The predicted octanol–water partition coefficient (Wildman–Crippen LogP) is 5.23. The zero-order valence-corrected chi connectivity index (χ0v) is 20.1. The molecule has 37 heavy (non-hydrogen) atoms. The van der Waals surface area contributed by atoms with E-state index in [9.17, 15) is 14.0 Å². The normalized spacial score (nSPS) is 14.5. The number of amides is 2. The van der Waals surface area contributed by atoms with Gasteiger partial charge in [0.05, 0.1) is 19.4 Å². The second-order valence-electron chi connectivity index (χ2n) is 8.61. The van der Waals surface area contributed by atoms with E-state index in [-0.39, 0.29) is 30.0 Å². The van der Waals surface area contributed by atoms with Crippen LogP contribution in [0.4, 0.5) is 10.1 Å². The molecule has 0 bridgehead atoms. The molecule has 4 aromatic rings. The number of nitrogens with one attached hydrogen (secondary N) is 1. The molecule has 1 atom stereocenters. The Morgan fingerprint density at radius 3 is 2.49 bits per heavy atom. The summed E-state index contributed by atoms with van der Waals surface area (Å²) in [4.78, 5) is 27.5. The SMILES string of the molecule is COc1ccc(NC(=O)COc2ccc3c(c2)[C@H](c2ccc(F)cc2)N(C(=O)c2ccco2)CC3)cc1. The van der Waals surface area contributed by atoms with Crippen LogP contribution >= 0.6 is 0 Å². The molecular formula is C29H25FN2O5. The number of anilines is 1. The van der Waals surface area contributed by atoms with Gasteiger partial charge in [0.2, 0.25) is 0 Å². The smallest absolute Gasteiger partial charge is 0.290 e. The van der Waals surface area contributed by atoms with Crippen molar-refractivity contribution in [3.05, 3.63) is 113 Å². The lowest BCUT2D eigenvalue weighted by Gasteiger charge is -2.37. The molecule has 1 N–H and O–H groups in total. The first kappa shape index (κ1) is 24.1. The average molecular weight is 501 g/mol. The van der Waals surface area contributed by atoms with Crippen LogP contribution in [0.25, 0.3) is 0 Å². The number of halogens is 1. The fraction of sp³-hybridized carbons (Fsp3) is 0.172. The first-order valence-electron chi connectivity index (χ1n) is 11.8. The van der Waals surface area contributed by atoms with Gasteiger partial charge in [-0.15, -0.1) is 0 Å². The maximum absolute atomic E-state index is 13.7. The topological polar surface area (TPSA) is 81.0 Å². The van der Waals surface area contributed by atoms with Gasteiger partial charge >= 0.3 is 0 Å². The summed E-state index contributed by atoms with van der Waals surface area (Å²) in [6, 6.07) is 21.5. The highest BCUT2D eigenvalue weighted by Crippen LogP contribution is 2.38. The van der Waals surface area contributed by atoms with Crippen LogP contribution < -0.4 is 14.8 Å². The highest BCUT2D eigenvalue weighted by molar-refractivity contribution is 5.92. The Morgan fingerprint density at radius 1 is 1.03 bits per heavy atom. The Morgan fingerprint density at radius 2 is 1.78 bits per heavy atom. The number of ether oxygens (including phenoxy) is 2. The highest BCUT2D eigenvalue weighted by Gasteiger charge is 2.34. The van der Waals surface area contributed by atoms with Gasteiger partial charge in [0.1, 0.15) is 17.3 Å². The van der Waals surface area contributed by atoms with Crippen LogP contribution in [0.3, 0.4) is 0 Å². The fourth-order valence-electron chi connectivity index (χ4n) is 4.47. The zero-order valence-electron chi connectivity index (χ0n) is 20.1. The van der Waals surface area contributed by atoms with Crippen LogP contribution in [0, 0.1) is 5.82 Å². The van der Waals surface area contributed by atoms with E-state index in [1.54, 1.807) is 60.5 Å². The molecule has 0 unspecified atom stereocenters. The number of carbonyl (C=O) groups is 2. The number of rotatable bonds is 7. The van der Waals surface area contributed by atoms with Crippen LogP contribution in [-0.2, 0) is 11.2 Å². The molecule has 0 fully saturated rings. The van der Waals surface area contributed by atoms with Crippen molar-refractivity contribution in [1.29, 1.82) is 0 Å². The number of nitrogens with zero attached hydrogens (tertiary/aromatic N) is 1. The van der Waals surface area contributed by atoms with E-state index >= 15 is 0 Å². The first-order valence-corrected chi connectivity index (χ1v) is 11.8. The molecule has 1 aromatic heterocycles. The Hall–Kier alpha value is -4.59. The van der Waals surface area contributed by atoms with Crippen molar-refractivity contribution < 1.29 is 27.9 Å². The van der Waals surface area contributed by atoms with Gasteiger partial charge in [-0.3, -0.25) is 9.59 Å². The molecule has 2 amide bonds. The molecule has 5 rings (SSSR count). The zero-order chi connectivity index (χ0) is 25.8. The number of fused-ring (bicyclic) bond motifs is 1. The van der Waals surface area contributed by atoms with Gasteiger partial charge in [0.25, 0.3) is 11.8 Å². The highest BCUT2D eigenvalue weighted by atomic mass is 19.1. The number of hydrogen-bond acceptors (Lipinski definition) is 5. The standard InChI is InChI=1S/C29H25FN2O5/c1-35-23-12-9-22(10-13-23)31-27(33)18-37-24-11-6-19-14-15-32(29(34)26-3-2-16-36-26)28(25(19)17-24)20-4-7-21(30)8-5-20/h2-13,16-17,28H,14-15,18H2,1H3,(H,31,33)/t28-/m0/s1. The van der Waals surface area contributed by atoms with Crippen molar-refractivity contribution >= 4 is 17.5 Å². The van der Waals surface area contributed by atoms with E-state index < -0.39 is 6.04 Å². The fourth-order valence-corrected chi connectivity index (χ4v) is 4.47. The Kier molecular flexibility index (Phi) is 6.89. The van der Waals surface area contributed by atoms with Gasteiger partial charge in [-0.05, 0) is 83.8 Å². The molecule has 3 aromatic carbocycles. The van der Waals surface area contributed by atoms with E-state index in [0.717, 1.165) is 16.7 Å². The van der Waals surface area contributed by atoms with Crippen molar-refractivity contribution in [1.82, 2.24) is 4.90 Å². The third kappa shape index (κ3) is 5.33. The summed E-state index contributed by atoms with van der Waals surface area (Å²) >= 11 is 0. The van der Waals surface area contributed by atoms with Crippen molar-refractivity contribution in [2.24, 2.45) is 0 Å². The largest absolute Gasteiger partial charge is 0.497 e. The van der Waals surface area contributed by atoms with Crippen molar-refractivity contribution in [3.63, 3.8) is 0 Å². The Labute approximate surface area is 213 Å². The molecule has 1 aliphatic rings. The lowest BCUT2D eigenvalue weighted by atomic mass is 9.87. The molecule has 0 saturated carbocycles. The molecule has 0 spiro atoms. The monoisotopic (exact) mass is 500 g/mol. The van der Waals surface area contributed by atoms with Gasteiger partial charge in [0.15, 0.2) is 12.4 Å². The van der Waals surface area contributed by atoms with Crippen LogP contribution in [-0.4, -0.2) is 37.0 Å². The van der Waals surface area contributed by atoms with Crippen LogP contribution in [0.1, 0.15) is 33.3 Å². The second-order valence-corrected chi connectivity index (χ2v) is 8.61. The summed E-state index contributed by atoms with van der Waals surface area (Å²) in [5.74, 6) is 0.492. The van der Waals surface area contributed by atoms with Crippen LogP contribution in [0.5, 0.6) is 11.5 Å². The van der Waals surface area contributed by atoms with Gasteiger partial charge in [-0.1, -0.05) is 18.2 Å². The minimum atomic E-state index is -0.473. The van der Waals surface area contributed by atoms with E-state index in [2.05, 4.69) is 5.32 Å². The molecule has 1 aliphatic heterocycles.